The van der Waals surface area contributed by atoms with Gasteiger partial charge < -0.3 is 10.5 Å². The first kappa shape index (κ1) is 9.58. The molecule has 0 saturated carbocycles. The number of ether oxygens (including phenoxy) is 1. The fraction of sp³-hybridized carbons (Fsp3) is 0.300. The van der Waals surface area contributed by atoms with Crippen LogP contribution in [0.5, 0.6) is 5.75 Å². The number of aryl methyl sites for hydroxylation is 1. The van der Waals surface area contributed by atoms with Gasteiger partial charge in [-0.3, -0.25) is 5.41 Å². The number of rotatable bonds is 3. The summed E-state index contributed by atoms with van der Waals surface area (Å²) in [6, 6.07) is 7.66. The van der Waals surface area contributed by atoms with Crippen molar-refractivity contribution >= 4 is 5.84 Å². The van der Waals surface area contributed by atoms with Gasteiger partial charge in [0.1, 0.15) is 11.6 Å². The summed E-state index contributed by atoms with van der Waals surface area (Å²) in [5.74, 6) is 0.786. The van der Waals surface area contributed by atoms with E-state index in [-0.39, 0.29) is 11.9 Å². The van der Waals surface area contributed by atoms with Gasteiger partial charge in [0, 0.05) is 0 Å². The van der Waals surface area contributed by atoms with Crippen molar-refractivity contribution in [2.75, 3.05) is 0 Å². The normalized spacial score (nSPS) is 12.2. The van der Waals surface area contributed by atoms with Crippen LogP contribution in [0, 0.1) is 12.3 Å². The van der Waals surface area contributed by atoms with Gasteiger partial charge in [0.15, 0.2) is 6.10 Å². The zero-order chi connectivity index (χ0) is 9.84. The number of amidine groups is 1. The molecule has 0 aromatic heterocycles. The monoisotopic (exact) mass is 178 g/mol. The highest BCUT2D eigenvalue weighted by atomic mass is 16.5. The summed E-state index contributed by atoms with van der Waals surface area (Å²) in [6.07, 6.45) is -0.359. The molecule has 1 rings (SSSR count). The first-order chi connectivity index (χ1) is 6.09. The second-order valence-electron chi connectivity index (χ2n) is 3.03. The smallest absolute Gasteiger partial charge is 0.152 e. The molecule has 70 valence electrons. The summed E-state index contributed by atoms with van der Waals surface area (Å²) in [5, 5.41) is 7.14. The average Bonchev–Trinajstić information content (AvgIpc) is 2.08. The van der Waals surface area contributed by atoms with Crippen molar-refractivity contribution in [2.45, 2.75) is 20.0 Å². The van der Waals surface area contributed by atoms with E-state index in [1.165, 1.54) is 5.56 Å². The first-order valence-corrected chi connectivity index (χ1v) is 4.17. The second kappa shape index (κ2) is 3.94. The number of hydrogen-bond acceptors (Lipinski definition) is 2. The van der Waals surface area contributed by atoms with Crippen LogP contribution in [0.3, 0.4) is 0 Å². The third-order valence-corrected chi connectivity index (χ3v) is 1.77. The Labute approximate surface area is 78.0 Å². The summed E-state index contributed by atoms with van der Waals surface area (Å²) in [4.78, 5) is 0. The van der Waals surface area contributed by atoms with Gasteiger partial charge in [-0.2, -0.15) is 0 Å². The van der Waals surface area contributed by atoms with Gasteiger partial charge in [0.05, 0.1) is 0 Å². The Bertz CT molecular complexity index is 292. The molecule has 0 aliphatic carbocycles. The van der Waals surface area contributed by atoms with Crippen LogP contribution in [0.25, 0.3) is 0 Å². The third kappa shape index (κ3) is 2.78. The molecule has 0 saturated heterocycles. The highest BCUT2D eigenvalue weighted by Crippen LogP contribution is 2.12. The molecule has 0 radical (unpaired) electrons. The van der Waals surface area contributed by atoms with Gasteiger partial charge in [-0.05, 0) is 26.0 Å². The van der Waals surface area contributed by atoms with Gasteiger partial charge in [0.25, 0.3) is 0 Å². The standard InChI is InChI=1S/C10H14N2O/c1-7-3-5-9(6-4-7)13-8(2)10(11)12/h3-6,8H,1-2H3,(H3,11,12). The summed E-state index contributed by atoms with van der Waals surface area (Å²) < 4.78 is 5.38. The van der Waals surface area contributed by atoms with Crippen LogP contribution in [0.4, 0.5) is 0 Å². The van der Waals surface area contributed by atoms with Gasteiger partial charge in [0.2, 0.25) is 0 Å². The molecule has 3 nitrogen and oxygen atoms in total. The molecular weight excluding hydrogens is 164 g/mol. The van der Waals surface area contributed by atoms with Crippen molar-refractivity contribution in [3.05, 3.63) is 29.8 Å². The largest absolute Gasteiger partial charge is 0.483 e. The molecule has 1 unspecified atom stereocenters. The minimum atomic E-state index is -0.359. The minimum absolute atomic E-state index is 0.0422. The van der Waals surface area contributed by atoms with Crippen LogP contribution < -0.4 is 10.5 Å². The third-order valence-electron chi connectivity index (χ3n) is 1.77. The van der Waals surface area contributed by atoms with Crippen LogP contribution in [0.2, 0.25) is 0 Å². The van der Waals surface area contributed by atoms with Gasteiger partial charge >= 0.3 is 0 Å². The Hall–Kier alpha value is -1.51. The SMILES string of the molecule is Cc1ccc(OC(C)C(=N)N)cc1. The van der Waals surface area contributed by atoms with Crippen molar-refractivity contribution < 1.29 is 4.74 Å². The van der Waals surface area contributed by atoms with E-state index in [2.05, 4.69) is 0 Å². The van der Waals surface area contributed by atoms with Crippen LogP contribution in [0.1, 0.15) is 12.5 Å². The van der Waals surface area contributed by atoms with E-state index in [1.807, 2.05) is 31.2 Å². The number of hydrogen-bond donors (Lipinski definition) is 2. The molecule has 0 fully saturated rings. The Morgan fingerprint density at radius 1 is 1.38 bits per heavy atom. The van der Waals surface area contributed by atoms with E-state index in [4.69, 9.17) is 15.9 Å². The summed E-state index contributed by atoms with van der Waals surface area (Å²) in [6.45, 7) is 3.76. The zero-order valence-corrected chi connectivity index (χ0v) is 7.87. The molecular formula is C10H14N2O. The van der Waals surface area contributed by atoms with E-state index in [0.717, 1.165) is 5.75 Å². The Balaban J connectivity index is 2.64. The Kier molecular flexibility index (Phi) is 2.90. The molecule has 13 heavy (non-hydrogen) atoms. The van der Waals surface area contributed by atoms with Crippen molar-refractivity contribution in [2.24, 2.45) is 5.73 Å². The van der Waals surface area contributed by atoms with Gasteiger partial charge in [-0.15, -0.1) is 0 Å². The first-order valence-electron chi connectivity index (χ1n) is 4.17. The summed E-state index contributed by atoms with van der Waals surface area (Å²) in [5.41, 5.74) is 6.46. The molecule has 0 aliphatic rings. The molecule has 0 bridgehead atoms. The fourth-order valence-electron chi connectivity index (χ4n) is 0.884. The van der Waals surface area contributed by atoms with Crippen LogP contribution in [0.15, 0.2) is 24.3 Å². The predicted molar refractivity (Wildman–Crippen MR) is 53.2 cm³/mol. The van der Waals surface area contributed by atoms with Crippen molar-refractivity contribution in [1.82, 2.24) is 0 Å². The topological polar surface area (TPSA) is 59.1 Å². The van der Waals surface area contributed by atoms with Crippen molar-refractivity contribution in [1.29, 1.82) is 5.41 Å². The van der Waals surface area contributed by atoms with Crippen LogP contribution in [-0.4, -0.2) is 11.9 Å². The van der Waals surface area contributed by atoms with Crippen molar-refractivity contribution in [3.63, 3.8) is 0 Å². The lowest BCUT2D eigenvalue weighted by Crippen LogP contribution is -2.29. The fourth-order valence-corrected chi connectivity index (χ4v) is 0.884. The molecule has 0 amide bonds. The molecule has 1 atom stereocenters. The van der Waals surface area contributed by atoms with Crippen molar-refractivity contribution in [3.8, 4) is 5.75 Å². The molecule has 3 N–H and O–H groups in total. The second-order valence-corrected chi connectivity index (χ2v) is 3.03. The van der Waals surface area contributed by atoms with E-state index in [0.29, 0.717) is 0 Å². The molecule has 3 heteroatoms. The average molecular weight is 178 g/mol. The van der Waals surface area contributed by atoms with E-state index < -0.39 is 0 Å². The van der Waals surface area contributed by atoms with E-state index in [9.17, 15) is 0 Å². The lowest BCUT2D eigenvalue weighted by Gasteiger charge is -2.12. The highest BCUT2D eigenvalue weighted by molar-refractivity contribution is 5.81. The van der Waals surface area contributed by atoms with E-state index in [1.54, 1.807) is 6.92 Å². The lowest BCUT2D eigenvalue weighted by molar-refractivity contribution is 0.284. The molecule has 0 heterocycles. The maximum absolute atomic E-state index is 7.14. The summed E-state index contributed by atoms with van der Waals surface area (Å²) >= 11 is 0. The van der Waals surface area contributed by atoms with Gasteiger partial charge in [-0.25, -0.2) is 0 Å². The highest BCUT2D eigenvalue weighted by Gasteiger charge is 2.05. The molecule has 0 spiro atoms. The molecule has 0 aliphatic heterocycles. The quantitative estimate of drug-likeness (QED) is 0.546. The molecule has 1 aromatic carbocycles. The van der Waals surface area contributed by atoms with E-state index >= 15 is 0 Å². The number of nitrogens with one attached hydrogen (secondary N) is 1. The Morgan fingerprint density at radius 3 is 2.38 bits per heavy atom. The van der Waals surface area contributed by atoms with Crippen LogP contribution >= 0.6 is 0 Å². The number of nitrogens with two attached hydrogens (primary N) is 1. The maximum Gasteiger partial charge on any atom is 0.152 e. The maximum atomic E-state index is 7.14. The summed E-state index contributed by atoms with van der Waals surface area (Å²) in [7, 11) is 0. The van der Waals surface area contributed by atoms with Crippen LogP contribution in [-0.2, 0) is 0 Å². The Morgan fingerprint density at radius 2 is 1.92 bits per heavy atom. The lowest BCUT2D eigenvalue weighted by atomic mass is 10.2. The zero-order valence-electron chi connectivity index (χ0n) is 7.87. The molecule has 1 aromatic rings. The van der Waals surface area contributed by atoms with Gasteiger partial charge in [-0.1, -0.05) is 17.7 Å². The number of benzene rings is 1. The minimum Gasteiger partial charge on any atom is -0.483 e. The predicted octanol–water partition coefficient (Wildman–Crippen LogP) is 1.70.